The summed E-state index contributed by atoms with van der Waals surface area (Å²) in [6, 6.07) is 83.0. The van der Waals surface area contributed by atoms with E-state index in [4.69, 9.17) is 29.6 Å². The van der Waals surface area contributed by atoms with Gasteiger partial charge in [0, 0.05) is 161 Å². The molecule has 8 amide bonds. The van der Waals surface area contributed by atoms with Crippen LogP contribution in [0.2, 0.25) is 0 Å². The molecule has 146 heavy (non-hydrogen) atoms. The summed E-state index contributed by atoms with van der Waals surface area (Å²) in [6.45, 7) is 10.6. The predicted octanol–water partition coefficient (Wildman–Crippen LogP) is 14.1. The molecule has 1 saturated carbocycles. The number of primary amides is 1. The number of rotatable bonds is 30. The minimum atomic E-state index is -1.60. The zero-order chi connectivity index (χ0) is 102. The van der Waals surface area contributed by atoms with Crippen molar-refractivity contribution in [2.75, 3.05) is 56.7 Å². The molecule has 32 heteroatoms. The Morgan fingerprint density at radius 1 is 0.651 bits per heavy atom. The van der Waals surface area contributed by atoms with Crippen LogP contribution in [0.15, 0.2) is 351 Å². The quantitative estimate of drug-likeness (QED) is 0.00233. The van der Waals surface area contributed by atoms with E-state index in [0.717, 1.165) is 105 Å². The maximum Gasteiger partial charge on any atom is 0.352 e. The number of hydrazone groups is 1. The Balaban J connectivity index is 0.000000136. The maximum atomic E-state index is 13.9. The first-order chi connectivity index (χ1) is 71.0. The summed E-state index contributed by atoms with van der Waals surface area (Å²) in [7, 11) is 3.65. The van der Waals surface area contributed by atoms with E-state index >= 15 is 0 Å². The third kappa shape index (κ3) is 25.7. The number of phenolic OH excluding ortho intramolecular Hbond substituents is 1. The van der Waals surface area contributed by atoms with E-state index in [9.17, 15) is 48.7 Å². The van der Waals surface area contributed by atoms with Crippen LogP contribution in [0.25, 0.3) is 11.4 Å². The number of amides is 8. The van der Waals surface area contributed by atoms with Gasteiger partial charge in [-0.3, -0.25) is 68.5 Å². The Kier molecular flexibility index (Phi) is 34.3. The third-order valence-electron chi connectivity index (χ3n) is 26.0. The van der Waals surface area contributed by atoms with Crippen molar-refractivity contribution in [3.05, 3.63) is 402 Å². The van der Waals surface area contributed by atoms with E-state index in [0.29, 0.717) is 55.2 Å². The number of hydrogen-bond donors (Lipinski definition) is 6. The van der Waals surface area contributed by atoms with Crippen LogP contribution in [0.3, 0.4) is 0 Å². The van der Waals surface area contributed by atoms with Gasteiger partial charge in [-0.15, -0.1) is 0 Å². The number of epoxide rings is 1. The van der Waals surface area contributed by atoms with Crippen LogP contribution >= 0.6 is 0 Å². The van der Waals surface area contributed by atoms with Gasteiger partial charge in [-0.2, -0.15) is 20.0 Å². The highest BCUT2D eigenvalue weighted by atomic mass is 16.7. The van der Waals surface area contributed by atoms with Crippen LogP contribution in [0.5, 0.6) is 11.5 Å². The lowest BCUT2D eigenvalue weighted by Gasteiger charge is -2.37. The van der Waals surface area contributed by atoms with Gasteiger partial charge in [-0.1, -0.05) is 181 Å². The first kappa shape index (κ1) is 102. The Morgan fingerprint density at radius 3 is 1.91 bits per heavy atom. The summed E-state index contributed by atoms with van der Waals surface area (Å²) < 4.78 is 17.7. The number of pyridine rings is 4. The van der Waals surface area contributed by atoms with Crippen LogP contribution in [-0.4, -0.2) is 196 Å². The van der Waals surface area contributed by atoms with Crippen LogP contribution in [-0.2, 0) is 86.9 Å². The number of nitrogens with two attached hydrogens (primary N) is 1. The summed E-state index contributed by atoms with van der Waals surface area (Å²) in [6.07, 6.45) is 17.9. The molecule has 6 fully saturated rings. The number of urea groups is 1. The standard InChI is InChI=1S/C32H30N4O6.C29H25N3O4.C26H34N4O2.C18H18N4O2.C9H8N2O/c1-20(37)40-29-26-27(30(38)35-18-24-11-6-14-34-17-24)36(42-32(26,31(33)39)16-25-28(29)41-25)19-23-10-5-9-22(15-23)13-12-21-7-3-2-4-8-21;33-21-10-8-19(9-11-21)29(36)32-16-23-20(13-17-5-4-12-30-15-17)14-22-25(28(35)31-27(22)34)24(23)26(32)18-6-2-1-3-7-18;1-29(21-23-9-6-13-26(19-23)31-2)32-18-8-15-27-16-17-30(25-11-4-3-5-12-25)22-24-10-7-14-28-20-24;1-13(2)20-22-16(11-14-7-6-10-19-12-14)17(23)21(18(22)24)15-8-4-3-5-9-15;12-11-7-6-10-9(11)8-4-2-1-3-5-8/h2-11,14-15,17,25-29H,16,18-19H2,1H3,(H2,33,39)(H,35,38);1-12,15,22,24-26,33H,13-14,16H2,(H,31,34,35);3-7,9-14,19-20,27H,8,15-18,21-22H2,1-2H3;3-10,12,16H,11H2,1-2H3;1-7,12H/t25-,26?,27-,28-,29-,32-;;;;/m0..../s1. The lowest BCUT2D eigenvalue weighted by atomic mass is 9.67. The second kappa shape index (κ2) is 49.0. The Hall–Kier alpha value is -16.5. The Bertz CT molecular complexity index is 6760. The summed E-state index contributed by atoms with van der Waals surface area (Å²) >= 11 is 0. The number of imidazole rings is 1. The van der Waals surface area contributed by atoms with Crippen molar-refractivity contribution in [1.29, 1.82) is 0 Å². The Labute approximate surface area is 846 Å². The number of fused-ring (bicyclic) bond motifs is 5. The van der Waals surface area contributed by atoms with Gasteiger partial charge in [0.2, 0.25) is 17.7 Å². The number of nitrogens with one attached hydrogen (secondary N) is 3. The number of carbonyl (C=O) groups is 8. The minimum Gasteiger partial charge on any atom is -0.508 e. The molecule has 8 aromatic carbocycles. The van der Waals surface area contributed by atoms with E-state index in [1.807, 2.05) is 212 Å². The summed E-state index contributed by atoms with van der Waals surface area (Å²) in [5.74, 6) is 3.05. The summed E-state index contributed by atoms with van der Waals surface area (Å²) in [4.78, 5) is 143. The molecule has 0 bridgehead atoms. The fraction of sp³-hybridized carbons (Fsp3) is 0.263. The predicted molar refractivity (Wildman–Crippen MR) is 547 cm³/mol. The second-order valence-electron chi connectivity index (χ2n) is 36.3. The number of benzene rings is 8. The van der Waals surface area contributed by atoms with Crippen LogP contribution < -0.4 is 36.2 Å². The first-order valence-corrected chi connectivity index (χ1v) is 48.3. The number of ether oxygens (including phenoxy) is 3. The van der Waals surface area contributed by atoms with Gasteiger partial charge in [0.15, 0.2) is 11.4 Å². The molecule has 32 nitrogen and oxygen atoms in total. The van der Waals surface area contributed by atoms with E-state index in [1.54, 1.807) is 101 Å². The molecular formula is C114H115N17O15. The zero-order valence-electron chi connectivity index (χ0n) is 81.5. The smallest absolute Gasteiger partial charge is 0.352 e. The van der Waals surface area contributed by atoms with Crippen molar-refractivity contribution in [3.63, 3.8) is 0 Å². The van der Waals surface area contributed by atoms with E-state index in [2.05, 4.69) is 105 Å². The average Bonchev–Trinajstić information content (AvgIpc) is 1.53. The summed E-state index contributed by atoms with van der Waals surface area (Å²) in [5.41, 5.74) is 18.9. The maximum absolute atomic E-state index is 13.9. The monoisotopic (exact) mass is 1960 g/mol. The number of carbonyl (C=O) groups excluding carboxylic acids is 8. The molecule has 0 spiro atoms. The molecule has 746 valence electrons. The van der Waals surface area contributed by atoms with Crippen LogP contribution in [0.1, 0.15) is 107 Å². The number of hydroxylamine groups is 4. The van der Waals surface area contributed by atoms with Gasteiger partial charge in [0.25, 0.3) is 17.7 Å². The fourth-order valence-electron chi connectivity index (χ4n) is 19.3. The van der Waals surface area contributed by atoms with E-state index in [-0.39, 0.29) is 60.9 Å². The van der Waals surface area contributed by atoms with Crippen molar-refractivity contribution >= 4 is 64.5 Å². The van der Waals surface area contributed by atoms with E-state index < -0.39 is 77.5 Å². The number of aromatic nitrogens is 6. The number of likely N-dealkylation sites (tertiary alicyclic amines) is 1. The molecule has 7 N–H and O–H groups in total. The zero-order valence-corrected chi connectivity index (χ0v) is 81.5. The molecular weight excluding hydrogens is 1850 g/mol. The lowest BCUT2D eigenvalue weighted by molar-refractivity contribution is -0.218. The van der Waals surface area contributed by atoms with E-state index in [1.165, 1.54) is 57.0 Å². The second-order valence-corrected chi connectivity index (χ2v) is 36.3. The average molecular weight is 1960 g/mol. The van der Waals surface area contributed by atoms with Gasteiger partial charge < -0.3 is 50.7 Å². The first-order valence-electron chi connectivity index (χ1n) is 48.3. The molecule has 5 saturated heterocycles. The molecule has 13 aromatic rings. The summed E-state index contributed by atoms with van der Waals surface area (Å²) in [5, 5.41) is 36.9. The van der Waals surface area contributed by atoms with Crippen molar-refractivity contribution in [1.82, 2.24) is 65.6 Å². The molecule has 10 heterocycles. The number of para-hydroxylation sites is 2. The van der Waals surface area contributed by atoms with Crippen LogP contribution in [0, 0.1) is 35.5 Å². The highest BCUT2D eigenvalue weighted by Gasteiger charge is 2.73. The molecule has 6 unspecified atom stereocenters. The number of imide groups is 2. The number of phenols is 1. The number of anilines is 2. The number of nitrogens with zero attached hydrogens (tertiary/aromatic N) is 13. The molecule has 5 aliphatic heterocycles. The number of aromatic hydroxyl groups is 1. The fourth-order valence-corrected chi connectivity index (χ4v) is 19.3. The van der Waals surface area contributed by atoms with Gasteiger partial charge in [-0.25, -0.2) is 19.7 Å². The van der Waals surface area contributed by atoms with Crippen molar-refractivity contribution in [2.24, 2.45) is 34.5 Å². The largest absolute Gasteiger partial charge is 0.508 e. The number of allylic oxidation sites excluding steroid dienone is 1. The van der Waals surface area contributed by atoms with Crippen LogP contribution in [0.4, 0.5) is 16.2 Å². The van der Waals surface area contributed by atoms with Gasteiger partial charge >= 0.3 is 12.0 Å². The van der Waals surface area contributed by atoms with Crippen molar-refractivity contribution in [2.45, 2.75) is 121 Å². The SMILES string of the molecule is CC(=O)O[C@H]1C2[C@@H](C(=O)NCc3cccnc3)N(Cc3cccc(C#Cc4ccccc4)c3)O[C@@]2(C(N)=O)C[C@@H]2O[C@@H]21.CC(C)=NN1C(=O)N(c2ccccc2)C(=O)C1Cc1cccnc1.COc1cccc(CN(C)OCCCNCCN(Cc2cccnc2)c2ccccc2)c1.O=C1NC(=O)C2C1CC(Cc1cccnc1)=C1CN(C(=O)c3ccc(O)cc3)C(c3ccccc3)C12.On1ccnc1-c1ccccc1. The number of esters is 1. The molecule has 5 aromatic heterocycles. The lowest BCUT2D eigenvalue weighted by Crippen LogP contribution is -2.61. The minimum absolute atomic E-state index is 0.0895. The molecule has 7 aliphatic rings. The van der Waals surface area contributed by atoms with Gasteiger partial charge in [0.1, 0.15) is 35.8 Å². The van der Waals surface area contributed by atoms with Crippen molar-refractivity contribution in [3.8, 4) is 34.7 Å². The Morgan fingerprint density at radius 2 is 1.27 bits per heavy atom. The topological polar surface area (TPSA) is 390 Å². The van der Waals surface area contributed by atoms with Gasteiger partial charge in [0.05, 0.1) is 62.0 Å². The molecule has 2 aliphatic carbocycles. The molecule has 0 radical (unpaired) electrons. The number of methoxy groups -OCH3 is 1. The molecule has 20 rings (SSSR count). The van der Waals surface area contributed by atoms with Crippen molar-refractivity contribution < 1.29 is 72.6 Å². The van der Waals surface area contributed by atoms with Gasteiger partial charge in [-0.05, 0) is 193 Å². The highest BCUT2D eigenvalue weighted by Crippen LogP contribution is 2.56. The molecule has 11 atom stereocenters. The highest BCUT2D eigenvalue weighted by molar-refractivity contribution is 6.21. The normalized spacial score (nSPS) is 20.1. The number of hydrogen-bond acceptors (Lipinski definition) is 25. The third-order valence-corrected chi connectivity index (χ3v) is 26.0.